The zero-order chi connectivity index (χ0) is 22.9. The molecular formula is C32H43N. The second-order valence-corrected chi connectivity index (χ2v) is 10.5. The molecule has 1 nitrogen and oxygen atoms in total. The van der Waals surface area contributed by atoms with Crippen LogP contribution in [-0.4, -0.2) is 12.6 Å². The topological polar surface area (TPSA) is 12.0 Å². The average molecular weight is 442 g/mol. The molecule has 1 N–H and O–H groups in total. The molecule has 2 aliphatic carbocycles. The van der Waals surface area contributed by atoms with Crippen molar-refractivity contribution in [1.82, 2.24) is 5.32 Å². The van der Waals surface area contributed by atoms with Gasteiger partial charge in [0.15, 0.2) is 0 Å². The molecule has 2 aromatic rings. The number of benzene rings is 2. The first-order valence-electron chi connectivity index (χ1n) is 13.4. The third-order valence-electron chi connectivity index (χ3n) is 7.90. The van der Waals surface area contributed by atoms with Gasteiger partial charge in [0.05, 0.1) is 0 Å². The third-order valence-corrected chi connectivity index (χ3v) is 7.90. The van der Waals surface area contributed by atoms with Crippen LogP contribution in [0.15, 0.2) is 78.9 Å². The van der Waals surface area contributed by atoms with E-state index in [-0.39, 0.29) is 0 Å². The van der Waals surface area contributed by atoms with Gasteiger partial charge in [-0.15, -0.1) is 0 Å². The van der Waals surface area contributed by atoms with E-state index in [9.17, 15) is 0 Å². The van der Waals surface area contributed by atoms with Crippen molar-refractivity contribution in [2.24, 2.45) is 11.8 Å². The van der Waals surface area contributed by atoms with E-state index in [1.165, 1.54) is 80.1 Å². The quantitative estimate of drug-likeness (QED) is 0.287. The highest BCUT2D eigenvalue weighted by molar-refractivity contribution is 5.64. The Morgan fingerprint density at radius 1 is 0.909 bits per heavy atom. The van der Waals surface area contributed by atoms with Crippen molar-refractivity contribution in [3.05, 3.63) is 84.5 Å². The molecule has 2 aromatic carbocycles. The smallest absolute Gasteiger partial charge is 0.0250 e. The molecule has 1 fully saturated rings. The Hall–Kier alpha value is -2.12. The van der Waals surface area contributed by atoms with Crippen LogP contribution >= 0.6 is 0 Å². The second kappa shape index (κ2) is 12.4. The highest BCUT2D eigenvalue weighted by Gasteiger charge is 2.21. The third kappa shape index (κ3) is 7.18. The zero-order valence-corrected chi connectivity index (χ0v) is 20.6. The van der Waals surface area contributed by atoms with Gasteiger partial charge >= 0.3 is 0 Å². The summed E-state index contributed by atoms with van der Waals surface area (Å²) in [5.74, 6) is 2.05. The van der Waals surface area contributed by atoms with Gasteiger partial charge < -0.3 is 5.32 Å². The van der Waals surface area contributed by atoms with Gasteiger partial charge in [-0.2, -0.15) is 0 Å². The number of hydrogen-bond acceptors (Lipinski definition) is 1. The van der Waals surface area contributed by atoms with Crippen molar-refractivity contribution in [2.75, 3.05) is 6.54 Å². The van der Waals surface area contributed by atoms with Gasteiger partial charge in [0.2, 0.25) is 0 Å². The van der Waals surface area contributed by atoms with Crippen LogP contribution in [0.25, 0.3) is 11.1 Å². The zero-order valence-electron chi connectivity index (χ0n) is 20.6. The van der Waals surface area contributed by atoms with E-state index in [1.54, 1.807) is 0 Å². The van der Waals surface area contributed by atoms with Crippen molar-refractivity contribution in [3.63, 3.8) is 0 Å². The molecule has 0 amide bonds. The number of nitrogens with one attached hydrogen (secondary N) is 1. The Morgan fingerprint density at radius 3 is 2.45 bits per heavy atom. The first-order valence-corrected chi connectivity index (χ1v) is 13.4. The van der Waals surface area contributed by atoms with Crippen molar-refractivity contribution in [2.45, 2.75) is 83.1 Å². The van der Waals surface area contributed by atoms with Crippen LogP contribution < -0.4 is 5.32 Å². The Labute approximate surface area is 202 Å². The Balaban J connectivity index is 1.42. The van der Waals surface area contributed by atoms with Crippen molar-refractivity contribution in [1.29, 1.82) is 0 Å². The van der Waals surface area contributed by atoms with Crippen LogP contribution in [0.5, 0.6) is 0 Å². The second-order valence-electron chi connectivity index (χ2n) is 10.5. The van der Waals surface area contributed by atoms with Crippen molar-refractivity contribution >= 4 is 0 Å². The van der Waals surface area contributed by atoms with Gasteiger partial charge in [-0.25, -0.2) is 0 Å². The van der Waals surface area contributed by atoms with E-state index < -0.39 is 0 Å². The Kier molecular flexibility index (Phi) is 9.01. The highest BCUT2D eigenvalue weighted by Crippen LogP contribution is 2.37. The van der Waals surface area contributed by atoms with Crippen LogP contribution in [0.4, 0.5) is 0 Å². The molecule has 0 radical (unpaired) electrons. The minimum atomic E-state index is 0.562. The monoisotopic (exact) mass is 441 g/mol. The first-order chi connectivity index (χ1) is 16.2. The van der Waals surface area contributed by atoms with Crippen molar-refractivity contribution < 1.29 is 0 Å². The standard InChI is InChI=1S/C32H43N/c1-25-18-20-32(21-19-25)33-22-10-17-29(23-26(2)27-11-5-3-6-12-27)31-16-9-15-30(24-31)28-13-7-4-8-14-28/h4,7-9,13-16,18,20,24-25,27,29,32-33H,2-3,5-6,10-12,17,19,21-23H2,1H3. The fraction of sp³-hybridized carbons (Fsp3) is 0.500. The maximum Gasteiger partial charge on any atom is 0.0250 e. The lowest BCUT2D eigenvalue weighted by Crippen LogP contribution is -2.30. The van der Waals surface area contributed by atoms with Crippen LogP contribution in [-0.2, 0) is 0 Å². The molecule has 0 saturated heterocycles. The average Bonchev–Trinajstić information content (AvgIpc) is 2.88. The van der Waals surface area contributed by atoms with Crippen LogP contribution in [0, 0.1) is 11.8 Å². The van der Waals surface area contributed by atoms with Gasteiger partial charge in [-0.05, 0) is 85.9 Å². The predicted octanol–water partition coefficient (Wildman–Crippen LogP) is 8.69. The lowest BCUT2D eigenvalue weighted by molar-refractivity contribution is 0.386. The maximum absolute atomic E-state index is 4.61. The normalized spacial score (nSPS) is 22.2. The SMILES string of the molecule is C=C(CC(CCCNC1C=CC(C)CC1)c1cccc(-c2ccccc2)c1)C1CCCCC1. The van der Waals surface area contributed by atoms with E-state index in [1.807, 2.05) is 0 Å². The molecule has 0 spiro atoms. The summed E-state index contributed by atoms with van der Waals surface area (Å²) in [4.78, 5) is 0. The Morgan fingerprint density at radius 2 is 1.70 bits per heavy atom. The number of rotatable bonds is 10. The lowest BCUT2D eigenvalue weighted by Gasteiger charge is -2.27. The minimum absolute atomic E-state index is 0.562. The predicted molar refractivity (Wildman–Crippen MR) is 144 cm³/mol. The molecule has 3 unspecified atom stereocenters. The fourth-order valence-corrected chi connectivity index (χ4v) is 5.75. The molecule has 3 atom stereocenters. The molecule has 176 valence electrons. The highest BCUT2D eigenvalue weighted by atomic mass is 14.9. The van der Waals surface area contributed by atoms with E-state index in [2.05, 4.69) is 85.6 Å². The summed E-state index contributed by atoms with van der Waals surface area (Å²) >= 11 is 0. The minimum Gasteiger partial charge on any atom is -0.311 e. The molecule has 4 rings (SSSR count). The number of hydrogen-bond donors (Lipinski definition) is 1. The van der Waals surface area contributed by atoms with Gasteiger partial charge in [0.25, 0.3) is 0 Å². The van der Waals surface area contributed by atoms with E-state index in [4.69, 9.17) is 0 Å². The van der Waals surface area contributed by atoms with Crippen molar-refractivity contribution in [3.8, 4) is 11.1 Å². The maximum atomic E-state index is 4.61. The summed E-state index contributed by atoms with van der Waals surface area (Å²) in [5.41, 5.74) is 5.63. The summed E-state index contributed by atoms with van der Waals surface area (Å²) in [6.07, 6.45) is 17.8. The molecule has 0 bridgehead atoms. The van der Waals surface area contributed by atoms with E-state index >= 15 is 0 Å². The van der Waals surface area contributed by atoms with E-state index in [0.717, 1.165) is 24.8 Å². The Bertz CT molecular complexity index is 890. The van der Waals surface area contributed by atoms with Gasteiger partial charge in [0, 0.05) is 6.04 Å². The molecule has 33 heavy (non-hydrogen) atoms. The van der Waals surface area contributed by atoms with E-state index in [0.29, 0.717) is 12.0 Å². The molecule has 0 aliphatic heterocycles. The summed E-state index contributed by atoms with van der Waals surface area (Å²) in [7, 11) is 0. The first kappa shape index (κ1) is 24.0. The molecule has 0 aromatic heterocycles. The van der Waals surface area contributed by atoms with Gasteiger partial charge in [0.1, 0.15) is 0 Å². The van der Waals surface area contributed by atoms with Crippen LogP contribution in [0.3, 0.4) is 0 Å². The summed E-state index contributed by atoms with van der Waals surface area (Å²) in [6, 6.07) is 20.7. The molecule has 1 heteroatoms. The van der Waals surface area contributed by atoms with Crippen LogP contribution in [0.2, 0.25) is 0 Å². The molecular weight excluding hydrogens is 398 g/mol. The lowest BCUT2D eigenvalue weighted by atomic mass is 9.78. The summed E-state index contributed by atoms with van der Waals surface area (Å²) < 4.78 is 0. The largest absolute Gasteiger partial charge is 0.311 e. The molecule has 0 heterocycles. The fourth-order valence-electron chi connectivity index (χ4n) is 5.75. The molecule has 2 aliphatic rings. The molecule has 1 saturated carbocycles. The van der Waals surface area contributed by atoms with Gasteiger partial charge in [-0.1, -0.05) is 105 Å². The summed E-state index contributed by atoms with van der Waals surface area (Å²) in [5, 5.41) is 3.79. The van der Waals surface area contributed by atoms with Gasteiger partial charge in [-0.3, -0.25) is 0 Å². The van der Waals surface area contributed by atoms with Crippen LogP contribution in [0.1, 0.15) is 82.6 Å². The number of allylic oxidation sites excluding steroid dienone is 2. The summed E-state index contributed by atoms with van der Waals surface area (Å²) in [6.45, 7) is 8.03.